The fourth-order valence-electron chi connectivity index (χ4n) is 1.61. The number of carbonyl (C=O) groups is 2. The molecule has 0 aliphatic carbocycles. The van der Waals surface area contributed by atoms with E-state index in [1.54, 1.807) is 6.92 Å². The summed E-state index contributed by atoms with van der Waals surface area (Å²) < 4.78 is 10.3. The zero-order valence-corrected chi connectivity index (χ0v) is 10.3. The van der Waals surface area contributed by atoms with E-state index in [0.717, 1.165) is 6.42 Å². The molecule has 0 bridgehead atoms. The van der Waals surface area contributed by atoms with E-state index in [1.165, 1.54) is 0 Å². The molecule has 2 N–H and O–H groups in total. The second kappa shape index (κ2) is 6.39. The number of Topliss-reactive ketones (excluding diaryl/α,β-unsaturated/α-hetero) is 1. The van der Waals surface area contributed by atoms with Crippen LogP contribution in [0.2, 0.25) is 0 Å². The minimum Gasteiger partial charge on any atom is -0.483 e. The van der Waals surface area contributed by atoms with E-state index in [9.17, 15) is 9.59 Å². The van der Waals surface area contributed by atoms with Gasteiger partial charge in [0.2, 0.25) is 11.5 Å². The SMILES string of the molecule is CCC1OC(C)=C(OC(=O)CCCCN)C1=O. The predicted octanol–water partition coefficient (Wildman–Crippen LogP) is 1.27. The van der Waals surface area contributed by atoms with Crippen LogP contribution in [0.3, 0.4) is 0 Å². The van der Waals surface area contributed by atoms with Crippen molar-refractivity contribution in [2.45, 2.75) is 45.6 Å². The van der Waals surface area contributed by atoms with Crippen molar-refractivity contribution in [2.24, 2.45) is 5.73 Å². The third-order valence-corrected chi connectivity index (χ3v) is 2.58. The van der Waals surface area contributed by atoms with Crippen LogP contribution >= 0.6 is 0 Å². The van der Waals surface area contributed by atoms with Crippen LogP contribution in [0.25, 0.3) is 0 Å². The first-order chi connectivity index (χ1) is 8.10. The number of rotatable bonds is 6. The van der Waals surface area contributed by atoms with Crippen LogP contribution in [0.4, 0.5) is 0 Å². The Morgan fingerprint density at radius 1 is 1.47 bits per heavy atom. The van der Waals surface area contributed by atoms with Crippen molar-refractivity contribution in [3.05, 3.63) is 11.5 Å². The average molecular weight is 241 g/mol. The number of esters is 1. The molecule has 0 fully saturated rings. The van der Waals surface area contributed by atoms with E-state index in [0.29, 0.717) is 25.1 Å². The number of carbonyl (C=O) groups excluding carboxylic acids is 2. The molecule has 1 unspecified atom stereocenters. The van der Waals surface area contributed by atoms with Crippen molar-refractivity contribution in [1.82, 2.24) is 0 Å². The molecule has 0 aromatic rings. The average Bonchev–Trinajstić information content (AvgIpc) is 2.57. The maximum absolute atomic E-state index is 11.7. The quantitative estimate of drug-likeness (QED) is 0.559. The molecule has 0 spiro atoms. The highest BCUT2D eigenvalue weighted by atomic mass is 16.6. The van der Waals surface area contributed by atoms with Crippen LogP contribution in [0.5, 0.6) is 0 Å². The lowest BCUT2D eigenvalue weighted by molar-refractivity contribution is -0.142. The molecular weight excluding hydrogens is 222 g/mol. The molecule has 17 heavy (non-hydrogen) atoms. The summed E-state index contributed by atoms with van der Waals surface area (Å²) >= 11 is 0. The highest BCUT2D eigenvalue weighted by Gasteiger charge is 2.34. The first-order valence-corrected chi connectivity index (χ1v) is 5.92. The maximum atomic E-state index is 11.7. The predicted molar refractivity (Wildman–Crippen MR) is 61.9 cm³/mol. The van der Waals surface area contributed by atoms with Crippen LogP contribution in [0.15, 0.2) is 11.5 Å². The molecule has 1 aliphatic heterocycles. The second-order valence-corrected chi connectivity index (χ2v) is 3.98. The fraction of sp³-hybridized carbons (Fsp3) is 0.667. The smallest absolute Gasteiger partial charge is 0.311 e. The largest absolute Gasteiger partial charge is 0.483 e. The van der Waals surface area contributed by atoms with Gasteiger partial charge in [0.15, 0.2) is 6.10 Å². The molecular formula is C12H19NO4. The molecule has 0 amide bonds. The highest BCUT2D eigenvalue weighted by Crippen LogP contribution is 2.24. The molecule has 0 aromatic heterocycles. The number of hydrogen-bond acceptors (Lipinski definition) is 5. The highest BCUT2D eigenvalue weighted by molar-refractivity contribution is 6.01. The van der Waals surface area contributed by atoms with Gasteiger partial charge in [0, 0.05) is 6.42 Å². The van der Waals surface area contributed by atoms with Gasteiger partial charge in [0.05, 0.1) is 0 Å². The fourth-order valence-corrected chi connectivity index (χ4v) is 1.61. The van der Waals surface area contributed by atoms with Gasteiger partial charge in [-0.2, -0.15) is 0 Å². The molecule has 5 heteroatoms. The van der Waals surface area contributed by atoms with Crippen molar-refractivity contribution >= 4 is 11.8 Å². The summed E-state index contributed by atoms with van der Waals surface area (Å²) in [5, 5.41) is 0. The first-order valence-electron chi connectivity index (χ1n) is 5.92. The summed E-state index contributed by atoms with van der Waals surface area (Å²) in [5.74, 6) is -0.178. The van der Waals surface area contributed by atoms with E-state index >= 15 is 0 Å². The lowest BCUT2D eigenvalue weighted by Gasteiger charge is -2.05. The number of hydrogen-bond donors (Lipinski definition) is 1. The van der Waals surface area contributed by atoms with E-state index in [4.69, 9.17) is 15.2 Å². The van der Waals surface area contributed by atoms with Gasteiger partial charge < -0.3 is 15.2 Å². The molecule has 0 radical (unpaired) electrons. The Hall–Kier alpha value is -1.36. The van der Waals surface area contributed by atoms with Crippen molar-refractivity contribution in [2.75, 3.05) is 6.54 Å². The Morgan fingerprint density at radius 2 is 2.18 bits per heavy atom. The summed E-state index contributed by atoms with van der Waals surface area (Å²) in [4.78, 5) is 23.2. The Kier molecular flexibility index (Phi) is 5.15. The molecule has 0 aromatic carbocycles. The Morgan fingerprint density at radius 3 is 2.71 bits per heavy atom. The summed E-state index contributed by atoms with van der Waals surface area (Å²) in [6, 6.07) is 0. The maximum Gasteiger partial charge on any atom is 0.311 e. The molecule has 96 valence electrons. The van der Waals surface area contributed by atoms with E-state index in [2.05, 4.69) is 0 Å². The zero-order chi connectivity index (χ0) is 12.8. The van der Waals surface area contributed by atoms with Crippen molar-refractivity contribution in [3.63, 3.8) is 0 Å². The zero-order valence-electron chi connectivity index (χ0n) is 10.3. The molecule has 1 atom stereocenters. The topological polar surface area (TPSA) is 78.6 Å². The summed E-state index contributed by atoms with van der Waals surface area (Å²) in [6.07, 6.45) is 1.80. The lowest BCUT2D eigenvalue weighted by Crippen LogP contribution is -2.19. The van der Waals surface area contributed by atoms with Gasteiger partial charge in [-0.05, 0) is 32.7 Å². The molecule has 1 aliphatic rings. The standard InChI is InChI=1S/C12H19NO4/c1-3-9-11(15)12(8(2)16-9)17-10(14)6-4-5-7-13/h9H,3-7,13H2,1-2H3. The Bertz CT molecular complexity index is 335. The van der Waals surface area contributed by atoms with Gasteiger partial charge in [-0.25, -0.2) is 0 Å². The third kappa shape index (κ3) is 3.56. The Balaban J connectivity index is 2.48. The Labute approximate surface area is 101 Å². The van der Waals surface area contributed by atoms with Crippen molar-refractivity contribution in [1.29, 1.82) is 0 Å². The summed E-state index contributed by atoms with van der Waals surface area (Å²) in [5.41, 5.74) is 5.32. The molecule has 0 saturated carbocycles. The van der Waals surface area contributed by atoms with Crippen molar-refractivity contribution in [3.8, 4) is 0 Å². The summed E-state index contributed by atoms with van der Waals surface area (Å²) in [6.45, 7) is 4.03. The molecule has 5 nitrogen and oxygen atoms in total. The first kappa shape index (κ1) is 13.7. The van der Waals surface area contributed by atoms with Gasteiger partial charge in [-0.3, -0.25) is 9.59 Å². The molecule has 0 saturated heterocycles. The van der Waals surface area contributed by atoms with E-state index in [1.807, 2.05) is 6.92 Å². The molecule has 1 rings (SSSR count). The van der Waals surface area contributed by atoms with Gasteiger partial charge in [0.25, 0.3) is 0 Å². The van der Waals surface area contributed by atoms with Crippen LogP contribution in [0, 0.1) is 0 Å². The van der Waals surface area contributed by atoms with Crippen LogP contribution in [0.1, 0.15) is 39.5 Å². The number of ether oxygens (including phenoxy) is 2. The third-order valence-electron chi connectivity index (χ3n) is 2.58. The number of ketones is 1. The lowest BCUT2D eigenvalue weighted by atomic mass is 10.2. The second-order valence-electron chi connectivity index (χ2n) is 3.98. The number of allylic oxidation sites excluding steroid dienone is 1. The molecule has 1 heterocycles. The van der Waals surface area contributed by atoms with E-state index in [-0.39, 0.29) is 18.0 Å². The summed E-state index contributed by atoms with van der Waals surface area (Å²) in [7, 11) is 0. The van der Waals surface area contributed by atoms with Crippen LogP contribution < -0.4 is 5.73 Å². The van der Waals surface area contributed by atoms with Gasteiger partial charge in [-0.15, -0.1) is 0 Å². The van der Waals surface area contributed by atoms with Crippen LogP contribution in [-0.2, 0) is 19.1 Å². The van der Waals surface area contributed by atoms with Crippen molar-refractivity contribution < 1.29 is 19.1 Å². The minimum absolute atomic E-state index is 0.0644. The number of nitrogens with two attached hydrogens (primary N) is 1. The monoisotopic (exact) mass is 241 g/mol. The normalized spacial score (nSPS) is 19.5. The van der Waals surface area contributed by atoms with Gasteiger partial charge in [-0.1, -0.05) is 6.92 Å². The number of unbranched alkanes of at least 4 members (excludes halogenated alkanes) is 1. The van der Waals surface area contributed by atoms with Gasteiger partial charge in [0.1, 0.15) is 5.76 Å². The van der Waals surface area contributed by atoms with Crippen LogP contribution in [-0.4, -0.2) is 24.4 Å². The van der Waals surface area contributed by atoms with Gasteiger partial charge >= 0.3 is 5.97 Å². The minimum atomic E-state index is -0.498. The van der Waals surface area contributed by atoms with E-state index < -0.39 is 12.1 Å².